The number of hydrogen-bond donors (Lipinski definition) is 0. The largest absolute Gasteiger partial charge is 0.469 e. The summed E-state index contributed by atoms with van der Waals surface area (Å²) < 4.78 is 4.67. The average Bonchev–Trinajstić information content (AvgIpc) is 2.31. The number of esters is 1. The summed E-state index contributed by atoms with van der Waals surface area (Å²) in [5.74, 6) is -0.122. The summed E-state index contributed by atoms with van der Waals surface area (Å²) in [5, 5.41) is 0. The lowest BCUT2D eigenvalue weighted by atomic mass is 9.99. The molecule has 0 aliphatic heterocycles. The zero-order valence-electron chi connectivity index (χ0n) is 11.6. The van der Waals surface area contributed by atoms with Gasteiger partial charge in [0.2, 0.25) is 0 Å². The third-order valence-electron chi connectivity index (χ3n) is 3.05. The first-order chi connectivity index (χ1) is 8.65. The first-order valence-corrected chi connectivity index (χ1v) is 6.44. The number of nitrogens with zero attached hydrogens (tertiary/aromatic N) is 1. The second-order valence-corrected chi connectivity index (χ2v) is 4.64. The van der Waals surface area contributed by atoms with Crippen LogP contribution in [0.2, 0.25) is 0 Å². The van der Waals surface area contributed by atoms with Crippen LogP contribution in [0.4, 0.5) is 0 Å². The highest BCUT2D eigenvalue weighted by Crippen LogP contribution is 2.22. The molecule has 100 valence electrons. The van der Waals surface area contributed by atoms with E-state index in [-0.39, 0.29) is 5.97 Å². The number of hydrogen-bond acceptors (Lipinski definition) is 3. The van der Waals surface area contributed by atoms with Crippen molar-refractivity contribution in [3.8, 4) is 0 Å². The number of ether oxygens (including phenoxy) is 1. The van der Waals surface area contributed by atoms with Gasteiger partial charge in [-0.05, 0) is 37.3 Å². The summed E-state index contributed by atoms with van der Waals surface area (Å²) in [6, 6.07) is 0. The van der Waals surface area contributed by atoms with Gasteiger partial charge in [0.1, 0.15) is 0 Å². The molecule has 0 saturated heterocycles. The predicted molar refractivity (Wildman–Crippen MR) is 74.1 cm³/mol. The molecule has 0 aromatic carbocycles. The van der Waals surface area contributed by atoms with Gasteiger partial charge in [-0.25, -0.2) is 0 Å². The molecule has 0 fully saturated rings. The average molecular weight is 249 g/mol. The molecule has 1 aliphatic carbocycles. The van der Waals surface area contributed by atoms with Gasteiger partial charge in [0, 0.05) is 26.2 Å². The lowest BCUT2D eigenvalue weighted by molar-refractivity contribution is -0.140. The van der Waals surface area contributed by atoms with Gasteiger partial charge in [0.15, 0.2) is 0 Å². The minimum atomic E-state index is -0.122. The van der Waals surface area contributed by atoms with Crippen LogP contribution in [0.1, 0.15) is 32.1 Å². The van der Waals surface area contributed by atoms with Gasteiger partial charge in [-0.3, -0.25) is 4.79 Å². The molecule has 18 heavy (non-hydrogen) atoms. The van der Waals surface area contributed by atoms with E-state index in [2.05, 4.69) is 48.0 Å². The third-order valence-corrected chi connectivity index (χ3v) is 3.05. The van der Waals surface area contributed by atoms with Crippen LogP contribution >= 0.6 is 0 Å². The van der Waals surface area contributed by atoms with Crippen molar-refractivity contribution in [2.75, 3.05) is 21.2 Å². The summed E-state index contributed by atoms with van der Waals surface area (Å²) in [7, 11) is 5.56. The van der Waals surface area contributed by atoms with Crippen LogP contribution < -0.4 is 0 Å². The van der Waals surface area contributed by atoms with Gasteiger partial charge >= 0.3 is 5.97 Å². The maximum atomic E-state index is 11.1. The molecule has 1 aliphatic rings. The number of carbonyl (C=O) groups is 1. The van der Waals surface area contributed by atoms with Crippen molar-refractivity contribution in [1.82, 2.24) is 4.90 Å². The molecule has 0 heterocycles. The van der Waals surface area contributed by atoms with E-state index in [0.29, 0.717) is 6.42 Å². The summed E-state index contributed by atoms with van der Waals surface area (Å²) >= 11 is 0. The van der Waals surface area contributed by atoms with Crippen LogP contribution in [0.25, 0.3) is 0 Å². The molecular weight excluding hydrogens is 226 g/mol. The molecule has 0 atom stereocenters. The van der Waals surface area contributed by atoms with E-state index in [4.69, 9.17) is 0 Å². The van der Waals surface area contributed by atoms with Crippen LogP contribution in [-0.4, -0.2) is 32.1 Å². The fourth-order valence-electron chi connectivity index (χ4n) is 2.09. The van der Waals surface area contributed by atoms with E-state index in [0.717, 1.165) is 25.7 Å². The molecule has 0 bridgehead atoms. The number of likely N-dealkylation sites (N-methyl/N-ethyl adjacent to an activating group) is 1. The molecule has 0 spiro atoms. The number of carbonyl (C=O) groups excluding carboxylic acids is 1. The number of allylic oxidation sites excluding steroid dienone is 5. The Morgan fingerprint density at radius 2 is 2.17 bits per heavy atom. The molecule has 0 saturated carbocycles. The van der Waals surface area contributed by atoms with E-state index >= 15 is 0 Å². The van der Waals surface area contributed by atoms with Crippen molar-refractivity contribution >= 4 is 5.97 Å². The zero-order chi connectivity index (χ0) is 13.4. The molecule has 0 N–H and O–H groups in total. The molecular formula is C15H23NO2. The fraction of sp³-hybridized carbons (Fsp3) is 0.533. The van der Waals surface area contributed by atoms with E-state index < -0.39 is 0 Å². The number of rotatable bonds is 5. The van der Waals surface area contributed by atoms with E-state index in [9.17, 15) is 4.79 Å². The Bertz CT molecular complexity index is 365. The van der Waals surface area contributed by atoms with Crippen molar-refractivity contribution in [1.29, 1.82) is 0 Å². The molecule has 3 nitrogen and oxygen atoms in total. The number of methoxy groups -OCH3 is 1. The summed E-state index contributed by atoms with van der Waals surface area (Å²) in [5.41, 5.74) is 2.69. The topological polar surface area (TPSA) is 29.5 Å². The second kappa shape index (κ2) is 7.75. The lowest BCUT2D eigenvalue weighted by Crippen LogP contribution is -2.13. The van der Waals surface area contributed by atoms with Gasteiger partial charge in [0.25, 0.3) is 0 Å². The van der Waals surface area contributed by atoms with E-state index in [1.807, 2.05) is 0 Å². The van der Waals surface area contributed by atoms with Crippen molar-refractivity contribution in [2.24, 2.45) is 0 Å². The van der Waals surface area contributed by atoms with Gasteiger partial charge in [0.05, 0.1) is 7.11 Å². The van der Waals surface area contributed by atoms with Crippen LogP contribution in [0.5, 0.6) is 0 Å². The molecule has 1 rings (SSSR count). The van der Waals surface area contributed by atoms with E-state index in [1.165, 1.54) is 18.4 Å². The highest BCUT2D eigenvalue weighted by molar-refractivity contribution is 5.69. The van der Waals surface area contributed by atoms with Crippen molar-refractivity contribution in [3.05, 3.63) is 35.6 Å². The molecule has 0 amide bonds. The zero-order valence-corrected chi connectivity index (χ0v) is 11.6. The maximum Gasteiger partial charge on any atom is 0.305 e. The van der Waals surface area contributed by atoms with Gasteiger partial charge in [-0.15, -0.1) is 0 Å². The molecule has 3 heteroatoms. The molecule has 0 aromatic heterocycles. The summed E-state index contributed by atoms with van der Waals surface area (Å²) in [4.78, 5) is 13.3. The Labute approximate surface area is 110 Å². The fourth-order valence-corrected chi connectivity index (χ4v) is 2.09. The lowest BCUT2D eigenvalue weighted by Gasteiger charge is -2.20. The Morgan fingerprint density at radius 3 is 2.83 bits per heavy atom. The Kier molecular flexibility index (Phi) is 6.26. The predicted octanol–water partition coefficient (Wildman–Crippen LogP) is 3.05. The standard InChI is InChI=1S/C15H23NO2/c1-16(2)14-11-7-5-4-6-9-13(14)10-8-12-15(17)18-3/h4-5,7,11H,6,8-10,12H2,1-3H3/b5-4-,11-7-,14-13-. The Hall–Kier alpha value is -1.51. The molecule has 0 radical (unpaired) electrons. The maximum absolute atomic E-state index is 11.1. The second-order valence-electron chi connectivity index (χ2n) is 4.64. The Balaban J connectivity index is 2.67. The van der Waals surface area contributed by atoms with E-state index in [1.54, 1.807) is 0 Å². The highest BCUT2D eigenvalue weighted by atomic mass is 16.5. The van der Waals surface area contributed by atoms with Gasteiger partial charge in [-0.2, -0.15) is 0 Å². The van der Waals surface area contributed by atoms with Crippen LogP contribution in [0.3, 0.4) is 0 Å². The first kappa shape index (κ1) is 14.6. The smallest absolute Gasteiger partial charge is 0.305 e. The molecule has 0 unspecified atom stereocenters. The minimum Gasteiger partial charge on any atom is -0.469 e. The SMILES string of the molecule is COC(=O)CCC/C1=C(N(C)C)/C=C\C=C/CC1. The monoisotopic (exact) mass is 249 g/mol. The summed E-state index contributed by atoms with van der Waals surface area (Å²) in [6.07, 6.45) is 12.9. The first-order valence-electron chi connectivity index (χ1n) is 6.44. The van der Waals surface area contributed by atoms with Crippen molar-refractivity contribution < 1.29 is 9.53 Å². The van der Waals surface area contributed by atoms with Crippen LogP contribution in [0, 0.1) is 0 Å². The third kappa shape index (κ3) is 4.78. The summed E-state index contributed by atoms with van der Waals surface area (Å²) in [6.45, 7) is 0. The van der Waals surface area contributed by atoms with Crippen LogP contribution in [0.15, 0.2) is 35.6 Å². The normalized spacial score (nSPS) is 22.8. The van der Waals surface area contributed by atoms with Crippen LogP contribution in [-0.2, 0) is 9.53 Å². The quantitative estimate of drug-likeness (QED) is 0.701. The van der Waals surface area contributed by atoms with Crippen molar-refractivity contribution in [3.63, 3.8) is 0 Å². The van der Waals surface area contributed by atoms with Crippen molar-refractivity contribution in [2.45, 2.75) is 32.1 Å². The van der Waals surface area contributed by atoms with Gasteiger partial charge < -0.3 is 9.64 Å². The van der Waals surface area contributed by atoms with Gasteiger partial charge in [-0.1, -0.05) is 18.2 Å². The Morgan fingerprint density at radius 1 is 1.39 bits per heavy atom. The highest BCUT2D eigenvalue weighted by Gasteiger charge is 2.09. The minimum absolute atomic E-state index is 0.122. The molecule has 0 aromatic rings.